The summed E-state index contributed by atoms with van der Waals surface area (Å²) in [5.74, 6) is 0.699. The van der Waals surface area contributed by atoms with Crippen molar-refractivity contribution in [1.29, 1.82) is 0 Å². The number of furan rings is 1. The van der Waals surface area contributed by atoms with E-state index in [0.29, 0.717) is 27.8 Å². The number of anilines is 1. The molecule has 6 nitrogen and oxygen atoms in total. The Bertz CT molecular complexity index is 1140. The number of hydrogen-bond acceptors (Lipinski definition) is 4. The molecular weight excluding hydrogens is 415 g/mol. The average Bonchev–Trinajstić information content (AvgIpc) is 3.14. The van der Waals surface area contributed by atoms with Crippen LogP contribution in [0.1, 0.15) is 16.9 Å². The lowest BCUT2D eigenvalue weighted by atomic mass is 10.1. The van der Waals surface area contributed by atoms with Crippen molar-refractivity contribution in [2.45, 2.75) is 13.8 Å². The third-order valence-electron chi connectivity index (χ3n) is 4.23. The van der Waals surface area contributed by atoms with Crippen molar-refractivity contribution >= 4 is 46.6 Å². The Balaban J connectivity index is 1.72. The highest BCUT2D eigenvalue weighted by molar-refractivity contribution is 6.33. The zero-order valence-electron chi connectivity index (χ0n) is 15.5. The van der Waals surface area contributed by atoms with Gasteiger partial charge in [0.25, 0.3) is 5.69 Å². The van der Waals surface area contributed by atoms with Crippen molar-refractivity contribution in [2.24, 2.45) is 0 Å². The van der Waals surface area contributed by atoms with E-state index in [0.717, 1.165) is 11.1 Å². The highest BCUT2D eigenvalue weighted by atomic mass is 35.5. The molecule has 0 spiro atoms. The van der Waals surface area contributed by atoms with Crippen LogP contribution in [0.2, 0.25) is 10.0 Å². The highest BCUT2D eigenvalue weighted by Crippen LogP contribution is 2.31. The van der Waals surface area contributed by atoms with Crippen molar-refractivity contribution in [3.63, 3.8) is 0 Å². The number of nitro benzene ring substituents is 1. The van der Waals surface area contributed by atoms with Crippen LogP contribution in [0.5, 0.6) is 0 Å². The zero-order chi connectivity index (χ0) is 21.1. The van der Waals surface area contributed by atoms with Crippen LogP contribution in [0.3, 0.4) is 0 Å². The van der Waals surface area contributed by atoms with E-state index in [-0.39, 0.29) is 10.7 Å². The standard InChI is InChI=1S/C21H16Cl2N2O4/c1-12-3-4-14(10-16(12)22)20-7-5-15(29-20)6-8-21(26)24-18-11-17(23)19(25(27)28)9-13(18)2/h3-11H,1-2H3,(H,24,26)/b8-6+. The third-order valence-corrected chi connectivity index (χ3v) is 4.94. The maximum atomic E-state index is 12.2. The SMILES string of the molecule is Cc1ccc(-c2ccc(/C=C/C(=O)Nc3cc(Cl)c([N+](=O)[O-])cc3C)o2)cc1Cl. The van der Waals surface area contributed by atoms with Crippen molar-refractivity contribution in [3.8, 4) is 11.3 Å². The van der Waals surface area contributed by atoms with Gasteiger partial charge in [-0.2, -0.15) is 0 Å². The molecule has 1 amide bonds. The number of amides is 1. The van der Waals surface area contributed by atoms with Gasteiger partial charge in [0.2, 0.25) is 5.91 Å². The molecule has 29 heavy (non-hydrogen) atoms. The van der Waals surface area contributed by atoms with Crippen molar-refractivity contribution in [3.05, 3.63) is 85.6 Å². The lowest BCUT2D eigenvalue weighted by Gasteiger charge is -2.07. The average molecular weight is 431 g/mol. The van der Waals surface area contributed by atoms with Gasteiger partial charge in [-0.3, -0.25) is 14.9 Å². The fourth-order valence-electron chi connectivity index (χ4n) is 2.62. The van der Waals surface area contributed by atoms with Gasteiger partial charge in [-0.15, -0.1) is 0 Å². The first-order chi connectivity index (χ1) is 13.7. The van der Waals surface area contributed by atoms with Crippen LogP contribution < -0.4 is 5.32 Å². The second kappa shape index (κ2) is 8.51. The Labute approximate surface area is 176 Å². The first-order valence-electron chi connectivity index (χ1n) is 8.54. The van der Waals surface area contributed by atoms with Gasteiger partial charge in [0.15, 0.2) is 0 Å². The van der Waals surface area contributed by atoms with Gasteiger partial charge in [-0.1, -0.05) is 35.3 Å². The number of carbonyl (C=O) groups is 1. The molecule has 0 aliphatic rings. The summed E-state index contributed by atoms with van der Waals surface area (Å²) in [6.07, 6.45) is 2.83. The lowest BCUT2D eigenvalue weighted by Crippen LogP contribution is -2.09. The number of carbonyl (C=O) groups excluding carboxylic acids is 1. The normalized spacial score (nSPS) is 11.0. The lowest BCUT2D eigenvalue weighted by molar-refractivity contribution is -0.384. The van der Waals surface area contributed by atoms with Gasteiger partial charge in [0, 0.05) is 28.4 Å². The minimum atomic E-state index is -0.573. The number of nitrogens with zero attached hydrogens (tertiary/aromatic N) is 1. The maximum absolute atomic E-state index is 12.2. The van der Waals surface area contributed by atoms with Crippen LogP contribution in [0.25, 0.3) is 17.4 Å². The number of benzene rings is 2. The van der Waals surface area contributed by atoms with E-state index < -0.39 is 10.8 Å². The summed E-state index contributed by atoms with van der Waals surface area (Å²) < 4.78 is 5.73. The zero-order valence-corrected chi connectivity index (χ0v) is 17.0. The summed E-state index contributed by atoms with van der Waals surface area (Å²) in [4.78, 5) is 22.5. The molecule has 0 aliphatic heterocycles. The van der Waals surface area contributed by atoms with E-state index in [9.17, 15) is 14.9 Å². The van der Waals surface area contributed by atoms with E-state index in [2.05, 4.69) is 5.32 Å². The summed E-state index contributed by atoms with van der Waals surface area (Å²) in [5.41, 5.74) is 2.52. The maximum Gasteiger partial charge on any atom is 0.288 e. The molecule has 1 N–H and O–H groups in total. The van der Waals surface area contributed by atoms with E-state index in [1.807, 2.05) is 25.1 Å². The number of halogens is 2. The van der Waals surface area contributed by atoms with Crippen LogP contribution >= 0.6 is 23.2 Å². The largest absolute Gasteiger partial charge is 0.457 e. The van der Waals surface area contributed by atoms with Crippen LogP contribution in [0.15, 0.2) is 53.0 Å². The second-order valence-electron chi connectivity index (χ2n) is 6.36. The Morgan fingerprint density at radius 3 is 2.52 bits per heavy atom. The number of aryl methyl sites for hydroxylation is 2. The fraction of sp³-hybridized carbons (Fsp3) is 0.0952. The van der Waals surface area contributed by atoms with Crippen molar-refractivity contribution in [2.75, 3.05) is 5.32 Å². The molecule has 0 radical (unpaired) electrons. The summed E-state index contributed by atoms with van der Waals surface area (Å²) in [5, 5.41) is 14.2. The molecule has 0 unspecified atom stereocenters. The quantitative estimate of drug-likeness (QED) is 0.287. The van der Waals surface area contributed by atoms with Gasteiger partial charge in [-0.05, 0) is 55.3 Å². The highest BCUT2D eigenvalue weighted by Gasteiger charge is 2.15. The summed E-state index contributed by atoms with van der Waals surface area (Å²) in [6, 6.07) is 11.8. The molecule has 0 bridgehead atoms. The van der Waals surface area contributed by atoms with Gasteiger partial charge in [-0.25, -0.2) is 0 Å². The Kier molecular flexibility index (Phi) is 6.06. The summed E-state index contributed by atoms with van der Waals surface area (Å²) in [7, 11) is 0. The molecule has 0 aliphatic carbocycles. The second-order valence-corrected chi connectivity index (χ2v) is 7.18. The van der Waals surface area contributed by atoms with E-state index >= 15 is 0 Å². The molecule has 0 atom stereocenters. The van der Waals surface area contributed by atoms with Crippen LogP contribution in [-0.2, 0) is 4.79 Å². The van der Waals surface area contributed by atoms with Crippen LogP contribution in [-0.4, -0.2) is 10.8 Å². The fourth-order valence-corrected chi connectivity index (χ4v) is 3.03. The van der Waals surface area contributed by atoms with E-state index in [4.69, 9.17) is 27.6 Å². The summed E-state index contributed by atoms with van der Waals surface area (Å²) >= 11 is 12.0. The molecule has 3 aromatic rings. The Morgan fingerprint density at radius 1 is 1.07 bits per heavy atom. The first kappa shape index (κ1) is 20.6. The van der Waals surface area contributed by atoms with Crippen LogP contribution in [0, 0.1) is 24.0 Å². The minimum Gasteiger partial charge on any atom is -0.457 e. The topological polar surface area (TPSA) is 85.4 Å². The number of nitro groups is 1. The number of rotatable bonds is 5. The number of nitrogens with one attached hydrogen (secondary N) is 1. The minimum absolute atomic E-state index is 0.0488. The Morgan fingerprint density at radius 2 is 1.83 bits per heavy atom. The van der Waals surface area contributed by atoms with Gasteiger partial charge in [0.05, 0.1) is 4.92 Å². The molecule has 148 valence electrons. The molecule has 1 aromatic heterocycles. The molecule has 0 fully saturated rings. The molecule has 0 saturated heterocycles. The monoisotopic (exact) mass is 430 g/mol. The smallest absolute Gasteiger partial charge is 0.288 e. The van der Waals surface area contributed by atoms with Crippen LogP contribution in [0.4, 0.5) is 11.4 Å². The summed E-state index contributed by atoms with van der Waals surface area (Å²) in [6.45, 7) is 3.56. The first-order valence-corrected chi connectivity index (χ1v) is 9.30. The molecule has 0 saturated carbocycles. The molecule has 8 heteroatoms. The van der Waals surface area contributed by atoms with E-state index in [1.54, 1.807) is 19.1 Å². The molecule has 3 rings (SSSR count). The Hall–Kier alpha value is -3.09. The molecule has 2 aromatic carbocycles. The van der Waals surface area contributed by atoms with Gasteiger partial charge in [0.1, 0.15) is 16.5 Å². The number of hydrogen-bond donors (Lipinski definition) is 1. The van der Waals surface area contributed by atoms with E-state index in [1.165, 1.54) is 24.3 Å². The van der Waals surface area contributed by atoms with Crippen molar-refractivity contribution in [1.82, 2.24) is 0 Å². The third kappa shape index (κ3) is 4.85. The van der Waals surface area contributed by atoms with Gasteiger partial charge >= 0.3 is 0 Å². The molecular formula is C21H16Cl2N2O4. The predicted molar refractivity (Wildman–Crippen MR) is 114 cm³/mol. The van der Waals surface area contributed by atoms with Crippen molar-refractivity contribution < 1.29 is 14.1 Å². The predicted octanol–water partition coefficient (Wildman–Crippen LogP) is 6.43. The molecule has 1 heterocycles. The van der Waals surface area contributed by atoms with Gasteiger partial charge < -0.3 is 9.73 Å².